The number of hydrogen-bond donors (Lipinski definition) is 2. The maximum absolute atomic E-state index is 13.2. The van der Waals surface area contributed by atoms with Crippen molar-refractivity contribution in [1.82, 2.24) is 14.3 Å². The monoisotopic (exact) mass is 474 g/mol. The molecule has 1 saturated heterocycles. The molecule has 1 saturated carbocycles. The highest BCUT2D eigenvalue weighted by atomic mass is 79.9. The molecule has 5 rings (SSSR count). The van der Waals surface area contributed by atoms with Gasteiger partial charge in [-0.1, -0.05) is 17.7 Å². The summed E-state index contributed by atoms with van der Waals surface area (Å²) in [6, 6.07) is 9.12. The Kier molecular flexibility index (Phi) is 4.68. The van der Waals surface area contributed by atoms with Crippen LogP contribution in [0.5, 0.6) is 0 Å². The van der Waals surface area contributed by atoms with Crippen molar-refractivity contribution in [3.05, 3.63) is 52.8 Å². The molecule has 1 aliphatic heterocycles. The molecule has 2 aliphatic rings. The van der Waals surface area contributed by atoms with E-state index in [4.69, 9.17) is 0 Å². The molecular formula is C21H23BrN4O2S. The Bertz CT molecular complexity index is 1160. The largest absolute Gasteiger partial charge is 0.381 e. The molecule has 0 spiro atoms. The highest BCUT2D eigenvalue weighted by Crippen LogP contribution is 2.39. The first kappa shape index (κ1) is 19.1. The maximum Gasteiger partial charge on any atom is 0.269 e. The summed E-state index contributed by atoms with van der Waals surface area (Å²) in [5.41, 5.74) is 2.38. The summed E-state index contributed by atoms with van der Waals surface area (Å²) in [7, 11) is -3.71. The minimum Gasteiger partial charge on any atom is -0.381 e. The van der Waals surface area contributed by atoms with Crippen molar-refractivity contribution < 1.29 is 8.42 Å². The summed E-state index contributed by atoms with van der Waals surface area (Å²) < 4.78 is 28.5. The molecule has 1 aliphatic carbocycles. The number of hydrogen-bond acceptors (Lipinski definition) is 5. The van der Waals surface area contributed by atoms with Crippen LogP contribution in [0.3, 0.4) is 0 Å². The average molecular weight is 475 g/mol. The Hall–Kier alpha value is -1.90. The molecule has 1 unspecified atom stereocenters. The summed E-state index contributed by atoms with van der Waals surface area (Å²) in [6.07, 6.45) is 5.55. The summed E-state index contributed by atoms with van der Waals surface area (Å²) >= 11 is 3.60. The second-order valence-corrected chi connectivity index (χ2v) is 10.8. The van der Waals surface area contributed by atoms with Gasteiger partial charge < -0.3 is 10.6 Å². The molecule has 3 heterocycles. The Morgan fingerprint density at radius 1 is 1.14 bits per heavy atom. The number of aryl methyl sites for hydroxylation is 1. The summed E-state index contributed by atoms with van der Waals surface area (Å²) in [4.78, 5) is 4.69. The molecule has 0 bridgehead atoms. The third-order valence-electron chi connectivity index (χ3n) is 6.22. The second-order valence-electron chi connectivity index (χ2n) is 8.14. The molecule has 2 fully saturated rings. The van der Waals surface area contributed by atoms with Gasteiger partial charge in [0.2, 0.25) is 0 Å². The lowest BCUT2D eigenvalue weighted by atomic mass is 10.0. The highest BCUT2D eigenvalue weighted by Gasteiger charge is 2.37. The van der Waals surface area contributed by atoms with Gasteiger partial charge in [0.25, 0.3) is 10.0 Å². The number of nitrogens with zero attached hydrogens (tertiary/aromatic N) is 2. The van der Waals surface area contributed by atoms with E-state index in [-0.39, 0.29) is 4.90 Å². The molecule has 29 heavy (non-hydrogen) atoms. The zero-order valence-corrected chi connectivity index (χ0v) is 18.5. The molecule has 6 nitrogen and oxygen atoms in total. The minimum absolute atomic E-state index is 0.260. The molecule has 0 radical (unpaired) electrons. The van der Waals surface area contributed by atoms with Gasteiger partial charge in [0.1, 0.15) is 0 Å². The maximum atomic E-state index is 13.2. The SMILES string of the molecule is Cc1ccc(S(=O)(=O)n2ccc3c(NC4C[C@H]5CNC[C@H]5C4)c(Br)cnc32)cc1. The van der Waals surface area contributed by atoms with E-state index in [9.17, 15) is 8.42 Å². The van der Waals surface area contributed by atoms with Gasteiger partial charge in [0.15, 0.2) is 5.65 Å². The van der Waals surface area contributed by atoms with E-state index >= 15 is 0 Å². The predicted molar refractivity (Wildman–Crippen MR) is 118 cm³/mol. The molecule has 1 aromatic carbocycles. The quantitative estimate of drug-likeness (QED) is 0.601. The van der Waals surface area contributed by atoms with Crippen LogP contribution in [0.15, 0.2) is 52.1 Å². The van der Waals surface area contributed by atoms with Crippen LogP contribution in [0, 0.1) is 18.8 Å². The zero-order chi connectivity index (χ0) is 20.2. The third kappa shape index (κ3) is 3.27. The summed E-state index contributed by atoms with van der Waals surface area (Å²) in [6.45, 7) is 4.13. The first-order chi connectivity index (χ1) is 13.9. The van der Waals surface area contributed by atoms with Crippen molar-refractivity contribution in [1.29, 1.82) is 0 Å². The molecule has 2 N–H and O–H groups in total. The van der Waals surface area contributed by atoms with Crippen LogP contribution >= 0.6 is 15.9 Å². The van der Waals surface area contributed by atoms with Gasteiger partial charge in [0, 0.05) is 23.8 Å². The van der Waals surface area contributed by atoms with Gasteiger partial charge in [-0.25, -0.2) is 17.4 Å². The van der Waals surface area contributed by atoms with Gasteiger partial charge in [-0.05, 0) is 78.8 Å². The van der Waals surface area contributed by atoms with Crippen molar-refractivity contribution >= 4 is 42.7 Å². The van der Waals surface area contributed by atoms with Gasteiger partial charge >= 0.3 is 0 Å². The van der Waals surface area contributed by atoms with Crippen molar-refractivity contribution in [3.8, 4) is 0 Å². The van der Waals surface area contributed by atoms with E-state index < -0.39 is 10.0 Å². The van der Waals surface area contributed by atoms with Gasteiger partial charge in [0.05, 0.1) is 15.1 Å². The zero-order valence-electron chi connectivity index (χ0n) is 16.1. The Labute approximate surface area is 178 Å². The van der Waals surface area contributed by atoms with Crippen molar-refractivity contribution in [2.24, 2.45) is 11.8 Å². The lowest BCUT2D eigenvalue weighted by Gasteiger charge is -2.17. The fraction of sp³-hybridized carbons (Fsp3) is 0.381. The predicted octanol–water partition coefficient (Wildman–Crippen LogP) is 3.75. The number of benzene rings is 1. The fourth-order valence-corrected chi connectivity index (χ4v) is 6.42. The Morgan fingerprint density at radius 2 is 1.83 bits per heavy atom. The summed E-state index contributed by atoms with van der Waals surface area (Å²) in [5.74, 6) is 1.46. The van der Waals surface area contributed by atoms with Gasteiger partial charge in [-0.2, -0.15) is 0 Å². The van der Waals surface area contributed by atoms with E-state index in [1.807, 2.05) is 13.0 Å². The number of nitrogens with one attached hydrogen (secondary N) is 2. The van der Waals surface area contributed by atoms with Crippen molar-refractivity contribution in [2.75, 3.05) is 18.4 Å². The van der Waals surface area contributed by atoms with Gasteiger partial charge in [-0.3, -0.25) is 0 Å². The number of anilines is 1. The van der Waals surface area contributed by atoms with Crippen LogP contribution in [-0.4, -0.2) is 36.5 Å². The average Bonchev–Trinajstić information content (AvgIpc) is 3.39. The van der Waals surface area contributed by atoms with Crippen LogP contribution in [-0.2, 0) is 10.0 Å². The van der Waals surface area contributed by atoms with Crippen LogP contribution in [0.1, 0.15) is 18.4 Å². The first-order valence-corrected chi connectivity index (χ1v) is 12.1. The van der Waals surface area contributed by atoms with Crippen molar-refractivity contribution in [2.45, 2.75) is 30.7 Å². The highest BCUT2D eigenvalue weighted by molar-refractivity contribution is 9.10. The number of aromatic nitrogens is 2. The smallest absolute Gasteiger partial charge is 0.269 e. The molecule has 2 aromatic heterocycles. The first-order valence-electron chi connectivity index (χ1n) is 9.88. The molecule has 0 amide bonds. The fourth-order valence-electron chi connectivity index (χ4n) is 4.69. The number of fused-ring (bicyclic) bond motifs is 2. The standard InChI is InChI=1S/C21H23BrN4O2S/c1-13-2-4-17(5-3-13)29(27,28)26-7-6-18-20(19(22)12-24-21(18)26)25-16-8-14-10-23-11-15(14)9-16/h2-7,12,14-16,23H,8-11H2,1H3,(H,24,25)/t14-,15+,16?. The molecular weight excluding hydrogens is 452 g/mol. The third-order valence-corrected chi connectivity index (χ3v) is 8.50. The minimum atomic E-state index is -3.71. The van der Waals surface area contributed by atoms with E-state index in [1.165, 1.54) is 3.97 Å². The molecule has 3 aromatic rings. The lowest BCUT2D eigenvalue weighted by Crippen LogP contribution is -2.21. The van der Waals surface area contributed by atoms with Crippen molar-refractivity contribution in [3.63, 3.8) is 0 Å². The van der Waals surface area contributed by atoms with Crippen LogP contribution in [0.25, 0.3) is 11.0 Å². The van der Waals surface area contributed by atoms with Crippen LogP contribution < -0.4 is 10.6 Å². The lowest BCUT2D eigenvalue weighted by molar-refractivity contribution is 0.494. The van der Waals surface area contributed by atoms with Gasteiger partial charge in [-0.15, -0.1) is 0 Å². The summed E-state index contributed by atoms with van der Waals surface area (Å²) in [5, 5.41) is 7.95. The number of rotatable bonds is 4. The Morgan fingerprint density at radius 3 is 2.52 bits per heavy atom. The van der Waals surface area contributed by atoms with Crippen LogP contribution in [0.2, 0.25) is 0 Å². The van der Waals surface area contributed by atoms with Crippen LogP contribution in [0.4, 0.5) is 5.69 Å². The number of pyridine rings is 1. The van der Waals surface area contributed by atoms with E-state index in [0.717, 1.165) is 58.9 Å². The molecule has 3 atom stereocenters. The Balaban J connectivity index is 1.52. The van der Waals surface area contributed by atoms with E-state index in [0.29, 0.717) is 11.7 Å². The van der Waals surface area contributed by atoms with E-state index in [2.05, 4.69) is 31.5 Å². The second kappa shape index (κ2) is 7.11. The molecule has 8 heteroatoms. The normalized spacial score (nSPS) is 24.1. The number of halogens is 1. The van der Waals surface area contributed by atoms with E-state index in [1.54, 1.807) is 36.7 Å². The molecule has 152 valence electrons. The topological polar surface area (TPSA) is 76.0 Å².